The molecule has 2 heterocycles. The van der Waals surface area contributed by atoms with Crippen LogP contribution in [0.2, 0.25) is 0 Å². The molecule has 0 aromatic rings. The topological polar surface area (TPSA) is 108 Å². The van der Waals surface area contributed by atoms with E-state index in [-0.39, 0.29) is 37.1 Å². The van der Waals surface area contributed by atoms with E-state index < -0.39 is 30.4 Å². The number of carbonyl (C=O) groups excluding carboxylic acids is 2. The van der Waals surface area contributed by atoms with Gasteiger partial charge in [0, 0.05) is 12.0 Å². The molecule has 2 rings (SSSR count). The number of hydrogen-bond acceptors (Lipinski definition) is 7. The minimum absolute atomic E-state index is 0.0275. The van der Waals surface area contributed by atoms with Crippen molar-refractivity contribution in [1.82, 2.24) is 0 Å². The van der Waals surface area contributed by atoms with Crippen molar-refractivity contribution in [2.24, 2.45) is 5.92 Å². The molecule has 8 heteroatoms. The van der Waals surface area contributed by atoms with Crippen LogP contribution in [-0.2, 0) is 33.3 Å². The zero-order valence-electron chi connectivity index (χ0n) is 12.9. The summed E-state index contributed by atoms with van der Waals surface area (Å²) in [4.78, 5) is 33.4. The van der Waals surface area contributed by atoms with Crippen LogP contribution >= 0.6 is 0 Å². The van der Waals surface area contributed by atoms with Crippen molar-refractivity contribution in [3.63, 3.8) is 0 Å². The van der Waals surface area contributed by atoms with Crippen LogP contribution in [0.25, 0.3) is 0 Å². The maximum atomic E-state index is 11.3. The molecule has 2 bridgehead atoms. The Morgan fingerprint density at radius 2 is 1.91 bits per heavy atom. The number of hydrogen-bond donors (Lipinski definition) is 1. The molecule has 2 aliphatic rings. The highest BCUT2D eigenvalue weighted by Gasteiger charge is 2.50. The second-order valence-electron chi connectivity index (χ2n) is 5.62. The second kappa shape index (κ2) is 7.56. The highest BCUT2D eigenvalue weighted by atomic mass is 16.6. The summed E-state index contributed by atoms with van der Waals surface area (Å²) in [5, 5.41) is 9.00. The minimum Gasteiger partial charge on any atom is -0.481 e. The SMILES string of the molecule is C=C(C)C(=O)OCC(=O)OCCOC1CC2OC1CC2C(=O)O. The molecule has 2 aliphatic heterocycles. The van der Waals surface area contributed by atoms with Crippen molar-refractivity contribution in [1.29, 1.82) is 0 Å². The largest absolute Gasteiger partial charge is 0.481 e. The van der Waals surface area contributed by atoms with Crippen LogP contribution in [-0.4, -0.2) is 61.1 Å². The zero-order chi connectivity index (χ0) is 17.0. The third kappa shape index (κ3) is 4.52. The van der Waals surface area contributed by atoms with E-state index in [4.69, 9.17) is 19.3 Å². The normalized spacial score (nSPS) is 28.4. The minimum atomic E-state index is -0.839. The van der Waals surface area contributed by atoms with Crippen LogP contribution in [0.4, 0.5) is 0 Å². The number of carboxylic acids is 1. The molecule has 23 heavy (non-hydrogen) atoms. The summed E-state index contributed by atoms with van der Waals surface area (Å²) < 4.78 is 20.6. The fourth-order valence-corrected chi connectivity index (χ4v) is 2.70. The van der Waals surface area contributed by atoms with Gasteiger partial charge in [-0.1, -0.05) is 6.58 Å². The van der Waals surface area contributed by atoms with Gasteiger partial charge in [-0.15, -0.1) is 0 Å². The van der Waals surface area contributed by atoms with Crippen molar-refractivity contribution in [3.8, 4) is 0 Å². The lowest BCUT2D eigenvalue weighted by molar-refractivity contribution is -0.158. The molecule has 128 valence electrons. The van der Waals surface area contributed by atoms with Crippen molar-refractivity contribution >= 4 is 17.9 Å². The van der Waals surface area contributed by atoms with E-state index in [1.165, 1.54) is 6.92 Å². The summed E-state index contributed by atoms with van der Waals surface area (Å²) in [6.07, 6.45) is 0.295. The first-order valence-corrected chi connectivity index (χ1v) is 7.36. The Morgan fingerprint density at radius 1 is 1.17 bits per heavy atom. The smallest absolute Gasteiger partial charge is 0.344 e. The van der Waals surface area contributed by atoms with Crippen molar-refractivity contribution in [2.45, 2.75) is 38.1 Å². The van der Waals surface area contributed by atoms with Crippen molar-refractivity contribution in [3.05, 3.63) is 12.2 Å². The lowest BCUT2D eigenvalue weighted by Gasteiger charge is -2.22. The van der Waals surface area contributed by atoms with Gasteiger partial charge in [0.2, 0.25) is 0 Å². The fraction of sp³-hybridized carbons (Fsp3) is 0.667. The first kappa shape index (κ1) is 17.4. The van der Waals surface area contributed by atoms with Crippen LogP contribution in [0.3, 0.4) is 0 Å². The number of ether oxygens (including phenoxy) is 4. The number of rotatable bonds is 8. The molecule has 4 atom stereocenters. The van der Waals surface area contributed by atoms with Gasteiger partial charge in [0.25, 0.3) is 0 Å². The Labute approximate surface area is 133 Å². The Bertz CT molecular complexity index is 500. The summed E-state index contributed by atoms with van der Waals surface area (Å²) in [6.45, 7) is 4.61. The Morgan fingerprint density at radius 3 is 2.48 bits per heavy atom. The van der Waals surface area contributed by atoms with E-state index in [1.54, 1.807) is 0 Å². The lowest BCUT2D eigenvalue weighted by Crippen LogP contribution is -2.34. The van der Waals surface area contributed by atoms with Gasteiger partial charge in [-0.3, -0.25) is 4.79 Å². The molecule has 0 saturated carbocycles. The molecule has 0 radical (unpaired) electrons. The number of esters is 2. The Hall–Kier alpha value is -1.93. The Balaban J connectivity index is 1.57. The third-order valence-corrected chi connectivity index (χ3v) is 3.83. The quantitative estimate of drug-likeness (QED) is 0.385. The van der Waals surface area contributed by atoms with E-state index >= 15 is 0 Å². The van der Waals surface area contributed by atoms with E-state index in [0.29, 0.717) is 12.8 Å². The molecule has 0 amide bonds. The first-order valence-electron chi connectivity index (χ1n) is 7.36. The molecule has 8 nitrogen and oxygen atoms in total. The molecule has 4 unspecified atom stereocenters. The van der Waals surface area contributed by atoms with Crippen molar-refractivity contribution in [2.75, 3.05) is 19.8 Å². The van der Waals surface area contributed by atoms with Crippen LogP contribution in [0, 0.1) is 5.92 Å². The molecule has 0 aromatic carbocycles. The van der Waals surface area contributed by atoms with Gasteiger partial charge in [-0.25, -0.2) is 9.59 Å². The molecule has 0 aromatic heterocycles. The molecule has 0 spiro atoms. The molecule has 2 saturated heterocycles. The average molecular weight is 328 g/mol. The number of aliphatic carboxylic acids is 1. The summed E-state index contributed by atoms with van der Waals surface area (Å²) in [5.41, 5.74) is 0.206. The second-order valence-corrected chi connectivity index (χ2v) is 5.62. The molecule has 1 N–H and O–H groups in total. The van der Waals surface area contributed by atoms with Gasteiger partial charge in [-0.2, -0.15) is 0 Å². The third-order valence-electron chi connectivity index (χ3n) is 3.83. The van der Waals surface area contributed by atoms with Crippen LogP contribution < -0.4 is 0 Å². The zero-order valence-corrected chi connectivity index (χ0v) is 12.9. The van der Waals surface area contributed by atoms with E-state index in [0.717, 1.165) is 0 Å². The van der Waals surface area contributed by atoms with Gasteiger partial charge < -0.3 is 24.1 Å². The summed E-state index contributed by atoms with van der Waals surface area (Å²) >= 11 is 0. The Kier molecular flexibility index (Phi) is 5.73. The summed E-state index contributed by atoms with van der Waals surface area (Å²) in [5.74, 6) is -2.61. The monoisotopic (exact) mass is 328 g/mol. The van der Waals surface area contributed by atoms with Gasteiger partial charge in [0.1, 0.15) is 6.61 Å². The average Bonchev–Trinajstić information content (AvgIpc) is 3.09. The maximum Gasteiger partial charge on any atom is 0.344 e. The van der Waals surface area contributed by atoms with Gasteiger partial charge in [-0.05, 0) is 13.3 Å². The molecule has 0 aliphatic carbocycles. The van der Waals surface area contributed by atoms with Crippen molar-refractivity contribution < 1.29 is 38.4 Å². The first-order chi connectivity index (χ1) is 10.9. The van der Waals surface area contributed by atoms with E-state index in [1.807, 2.05) is 0 Å². The highest BCUT2D eigenvalue weighted by Crippen LogP contribution is 2.40. The van der Waals surface area contributed by atoms with E-state index in [2.05, 4.69) is 11.3 Å². The number of fused-ring (bicyclic) bond motifs is 2. The van der Waals surface area contributed by atoms with E-state index in [9.17, 15) is 14.4 Å². The lowest BCUT2D eigenvalue weighted by atomic mass is 9.87. The van der Waals surface area contributed by atoms with Gasteiger partial charge in [0.15, 0.2) is 6.61 Å². The molecular formula is C15H20O8. The van der Waals surface area contributed by atoms with Crippen LogP contribution in [0.5, 0.6) is 0 Å². The van der Waals surface area contributed by atoms with Crippen LogP contribution in [0.1, 0.15) is 19.8 Å². The maximum absolute atomic E-state index is 11.3. The fourth-order valence-electron chi connectivity index (χ4n) is 2.70. The summed E-state index contributed by atoms with van der Waals surface area (Å²) in [6, 6.07) is 0. The van der Waals surface area contributed by atoms with Gasteiger partial charge >= 0.3 is 17.9 Å². The van der Waals surface area contributed by atoms with Crippen LogP contribution in [0.15, 0.2) is 12.2 Å². The summed E-state index contributed by atoms with van der Waals surface area (Å²) in [7, 11) is 0. The number of carboxylic acid groups (broad SMARTS) is 1. The molecular weight excluding hydrogens is 308 g/mol. The predicted molar refractivity (Wildman–Crippen MR) is 75.5 cm³/mol. The molecule has 2 fully saturated rings. The predicted octanol–water partition coefficient (Wildman–Crippen LogP) is 0.296. The number of carbonyl (C=O) groups is 3. The standard InChI is InChI=1S/C15H20O8/c1-8(2)15(19)22-7-13(16)21-4-3-20-11-6-10-9(14(17)18)5-12(11)23-10/h9-12H,1,3-7H2,2H3,(H,17,18). The highest BCUT2D eigenvalue weighted by molar-refractivity contribution is 5.88. The van der Waals surface area contributed by atoms with Gasteiger partial charge in [0.05, 0.1) is 30.8 Å².